The average molecular weight is 223 g/mol. The Balaban J connectivity index is 1.85. The molecule has 1 aromatic carbocycles. The van der Waals surface area contributed by atoms with Gasteiger partial charge in [-0.15, -0.1) is 0 Å². The maximum absolute atomic E-state index is 5.59. The van der Waals surface area contributed by atoms with E-state index in [0.717, 1.165) is 12.3 Å². The van der Waals surface area contributed by atoms with Crippen LogP contribution in [0.2, 0.25) is 0 Å². The molecule has 1 unspecified atom stereocenters. The van der Waals surface area contributed by atoms with E-state index < -0.39 is 0 Å². The minimum atomic E-state index is 0.0259. The molecule has 1 atom stereocenters. The molecule has 1 aliphatic rings. The Morgan fingerprint density at radius 2 is 2.47 bits per heavy atom. The topological polar surface area (TPSA) is 30.5 Å². The second kappa shape index (κ2) is 4.49. The van der Waals surface area contributed by atoms with Crippen molar-refractivity contribution in [2.45, 2.75) is 13.0 Å². The molecule has 1 saturated heterocycles. The first-order valence-electron chi connectivity index (χ1n) is 4.88. The normalized spacial score (nSPS) is 19.5. The number of nitrogens with one attached hydrogen (secondary N) is 1. The SMILES string of the molecule is Cc1cccc(OCC2CNC(=S)O2)c1. The van der Waals surface area contributed by atoms with Crippen LogP contribution in [0.5, 0.6) is 5.75 Å². The number of thiocarbonyl (C=S) groups is 1. The molecule has 4 heteroatoms. The number of ether oxygens (including phenoxy) is 2. The van der Waals surface area contributed by atoms with Gasteiger partial charge < -0.3 is 14.8 Å². The van der Waals surface area contributed by atoms with Gasteiger partial charge in [-0.25, -0.2) is 0 Å². The molecule has 0 amide bonds. The third-order valence-electron chi connectivity index (χ3n) is 2.17. The van der Waals surface area contributed by atoms with E-state index in [-0.39, 0.29) is 6.10 Å². The molecular formula is C11H13NO2S. The lowest BCUT2D eigenvalue weighted by molar-refractivity contribution is 0.150. The molecule has 0 saturated carbocycles. The van der Waals surface area contributed by atoms with Crippen LogP contribution in [0.4, 0.5) is 0 Å². The summed E-state index contributed by atoms with van der Waals surface area (Å²) < 4.78 is 10.9. The Kier molecular flexibility index (Phi) is 3.06. The van der Waals surface area contributed by atoms with Crippen LogP contribution in [0, 0.1) is 6.92 Å². The first kappa shape index (κ1) is 10.2. The van der Waals surface area contributed by atoms with Gasteiger partial charge in [-0.05, 0) is 36.8 Å². The van der Waals surface area contributed by atoms with E-state index in [0.29, 0.717) is 11.8 Å². The van der Waals surface area contributed by atoms with Crippen molar-refractivity contribution in [3.05, 3.63) is 29.8 Å². The molecule has 1 aromatic rings. The Morgan fingerprint density at radius 3 is 3.13 bits per heavy atom. The van der Waals surface area contributed by atoms with Gasteiger partial charge in [0.2, 0.25) is 0 Å². The Morgan fingerprint density at radius 1 is 1.60 bits per heavy atom. The molecule has 15 heavy (non-hydrogen) atoms. The smallest absolute Gasteiger partial charge is 0.257 e. The van der Waals surface area contributed by atoms with E-state index in [4.69, 9.17) is 21.7 Å². The quantitative estimate of drug-likeness (QED) is 0.789. The van der Waals surface area contributed by atoms with Gasteiger partial charge in [-0.3, -0.25) is 0 Å². The van der Waals surface area contributed by atoms with Crippen LogP contribution in [0.25, 0.3) is 0 Å². The van der Waals surface area contributed by atoms with Gasteiger partial charge in [0.1, 0.15) is 12.4 Å². The summed E-state index contributed by atoms with van der Waals surface area (Å²) in [4.78, 5) is 0. The molecule has 0 bridgehead atoms. The van der Waals surface area contributed by atoms with Gasteiger partial charge in [-0.2, -0.15) is 0 Å². The number of rotatable bonds is 3. The van der Waals surface area contributed by atoms with Gasteiger partial charge in [0, 0.05) is 0 Å². The summed E-state index contributed by atoms with van der Waals surface area (Å²) in [5.41, 5.74) is 1.19. The molecule has 0 aromatic heterocycles. The van der Waals surface area contributed by atoms with Crippen molar-refractivity contribution >= 4 is 17.4 Å². The van der Waals surface area contributed by atoms with Crippen molar-refractivity contribution in [1.82, 2.24) is 5.32 Å². The lowest BCUT2D eigenvalue weighted by atomic mass is 10.2. The fraction of sp³-hybridized carbons (Fsp3) is 0.364. The molecule has 3 nitrogen and oxygen atoms in total. The fourth-order valence-corrected chi connectivity index (χ4v) is 1.64. The third-order valence-corrected chi connectivity index (χ3v) is 2.41. The van der Waals surface area contributed by atoms with Gasteiger partial charge in [0.25, 0.3) is 5.17 Å². The van der Waals surface area contributed by atoms with E-state index in [1.165, 1.54) is 5.56 Å². The Labute approximate surface area is 94.4 Å². The van der Waals surface area contributed by atoms with Crippen molar-refractivity contribution in [2.24, 2.45) is 0 Å². The minimum Gasteiger partial charge on any atom is -0.490 e. The molecule has 1 N–H and O–H groups in total. The predicted octanol–water partition coefficient (Wildman–Crippen LogP) is 1.65. The summed E-state index contributed by atoms with van der Waals surface area (Å²) >= 11 is 4.86. The highest BCUT2D eigenvalue weighted by Gasteiger charge is 2.20. The van der Waals surface area contributed by atoms with Crippen LogP contribution < -0.4 is 10.1 Å². The van der Waals surface area contributed by atoms with E-state index in [2.05, 4.69) is 5.32 Å². The Hall–Kier alpha value is -1.29. The molecule has 1 fully saturated rings. The predicted molar refractivity (Wildman–Crippen MR) is 62.1 cm³/mol. The van der Waals surface area contributed by atoms with Crippen LogP contribution in [-0.4, -0.2) is 24.4 Å². The first-order chi connectivity index (χ1) is 7.24. The van der Waals surface area contributed by atoms with Crippen LogP contribution in [-0.2, 0) is 4.74 Å². The monoisotopic (exact) mass is 223 g/mol. The molecule has 2 rings (SSSR count). The van der Waals surface area contributed by atoms with Crippen molar-refractivity contribution in [1.29, 1.82) is 0 Å². The lowest BCUT2D eigenvalue weighted by Crippen LogP contribution is -2.21. The summed E-state index contributed by atoms with van der Waals surface area (Å²) in [6, 6.07) is 7.95. The number of aryl methyl sites for hydroxylation is 1. The maximum atomic E-state index is 5.59. The van der Waals surface area contributed by atoms with Crippen molar-refractivity contribution in [3.8, 4) is 5.75 Å². The zero-order valence-electron chi connectivity index (χ0n) is 8.53. The number of hydrogen-bond acceptors (Lipinski definition) is 3. The summed E-state index contributed by atoms with van der Waals surface area (Å²) in [7, 11) is 0. The highest BCUT2D eigenvalue weighted by molar-refractivity contribution is 7.80. The van der Waals surface area contributed by atoms with E-state index >= 15 is 0 Å². The first-order valence-corrected chi connectivity index (χ1v) is 5.29. The molecule has 0 aliphatic carbocycles. The molecule has 0 spiro atoms. The van der Waals surface area contributed by atoms with Crippen LogP contribution >= 0.6 is 12.2 Å². The zero-order chi connectivity index (χ0) is 10.7. The van der Waals surface area contributed by atoms with Gasteiger partial charge >= 0.3 is 0 Å². The molecule has 0 radical (unpaired) electrons. The number of benzene rings is 1. The fourth-order valence-electron chi connectivity index (χ4n) is 1.42. The average Bonchev–Trinajstić information content (AvgIpc) is 2.62. The van der Waals surface area contributed by atoms with E-state index in [1.54, 1.807) is 0 Å². The summed E-state index contributed by atoms with van der Waals surface area (Å²) in [6.07, 6.45) is 0.0259. The van der Waals surface area contributed by atoms with Gasteiger partial charge in [0.05, 0.1) is 6.54 Å². The van der Waals surface area contributed by atoms with E-state index in [9.17, 15) is 0 Å². The summed E-state index contributed by atoms with van der Waals surface area (Å²) in [5, 5.41) is 3.41. The van der Waals surface area contributed by atoms with Crippen molar-refractivity contribution < 1.29 is 9.47 Å². The third kappa shape index (κ3) is 2.83. The van der Waals surface area contributed by atoms with Gasteiger partial charge in [-0.1, -0.05) is 12.1 Å². The van der Waals surface area contributed by atoms with Crippen LogP contribution in [0.1, 0.15) is 5.56 Å². The minimum absolute atomic E-state index is 0.0259. The second-order valence-electron chi connectivity index (χ2n) is 3.54. The molecule has 1 aliphatic heterocycles. The van der Waals surface area contributed by atoms with Crippen LogP contribution in [0.15, 0.2) is 24.3 Å². The van der Waals surface area contributed by atoms with Crippen molar-refractivity contribution in [2.75, 3.05) is 13.2 Å². The largest absolute Gasteiger partial charge is 0.490 e. The lowest BCUT2D eigenvalue weighted by Gasteiger charge is -2.10. The maximum Gasteiger partial charge on any atom is 0.257 e. The Bertz CT molecular complexity index is 367. The second-order valence-corrected chi connectivity index (χ2v) is 3.91. The summed E-state index contributed by atoms with van der Waals surface area (Å²) in [5.74, 6) is 0.872. The molecule has 80 valence electrons. The highest BCUT2D eigenvalue weighted by Crippen LogP contribution is 2.13. The summed E-state index contributed by atoms with van der Waals surface area (Å²) in [6.45, 7) is 3.29. The standard InChI is InChI=1S/C11H13NO2S/c1-8-3-2-4-9(5-8)13-7-10-6-12-11(15)14-10/h2-5,10H,6-7H2,1H3,(H,12,15). The van der Waals surface area contributed by atoms with E-state index in [1.807, 2.05) is 31.2 Å². The molecular weight excluding hydrogens is 210 g/mol. The van der Waals surface area contributed by atoms with Crippen LogP contribution in [0.3, 0.4) is 0 Å². The number of hydrogen-bond donors (Lipinski definition) is 1. The molecule has 1 heterocycles. The van der Waals surface area contributed by atoms with Crippen molar-refractivity contribution in [3.63, 3.8) is 0 Å². The highest BCUT2D eigenvalue weighted by atomic mass is 32.1. The van der Waals surface area contributed by atoms with Gasteiger partial charge in [0.15, 0.2) is 6.10 Å². The zero-order valence-corrected chi connectivity index (χ0v) is 9.34.